The molecule has 2 aromatic carbocycles. The highest BCUT2D eigenvalue weighted by molar-refractivity contribution is 6.31. The monoisotopic (exact) mass is 388 g/mol. The van der Waals surface area contributed by atoms with Crippen molar-refractivity contribution in [3.8, 4) is 0 Å². The van der Waals surface area contributed by atoms with E-state index in [2.05, 4.69) is 10.1 Å². The first-order valence-corrected chi connectivity index (χ1v) is 8.32. The highest BCUT2D eigenvalue weighted by Gasteiger charge is 2.20. The van der Waals surface area contributed by atoms with E-state index in [0.29, 0.717) is 16.1 Å². The van der Waals surface area contributed by atoms with Crippen LogP contribution in [0.4, 0.5) is 5.69 Å². The molecule has 27 heavy (non-hydrogen) atoms. The average molecular weight is 389 g/mol. The number of hydrogen-bond acceptors (Lipinski definition) is 5. The second kappa shape index (κ2) is 9.49. The van der Waals surface area contributed by atoms with Crippen molar-refractivity contribution in [2.45, 2.75) is 12.5 Å². The van der Waals surface area contributed by atoms with Gasteiger partial charge in [0.2, 0.25) is 5.91 Å². The van der Waals surface area contributed by atoms with Crippen LogP contribution in [0.15, 0.2) is 54.6 Å². The van der Waals surface area contributed by atoms with Gasteiger partial charge >= 0.3 is 5.97 Å². The lowest BCUT2D eigenvalue weighted by atomic mass is 10.0. The first-order chi connectivity index (χ1) is 12.9. The summed E-state index contributed by atoms with van der Waals surface area (Å²) in [5, 5.41) is 13.9. The number of nitro groups is 1. The first-order valence-electron chi connectivity index (χ1n) is 7.95. The maximum atomic E-state index is 12.3. The van der Waals surface area contributed by atoms with Crippen molar-refractivity contribution < 1.29 is 19.2 Å². The van der Waals surface area contributed by atoms with Crippen LogP contribution in [0.1, 0.15) is 23.6 Å². The highest BCUT2D eigenvalue weighted by atomic mass is 35.5. The Kier molecular flexibility index (Phi) is 7.08. The van der Waals surface area contributed by atoms with Gasteiger partial charge in [0, 0.05) is 23.2 Å². The molecule has 1 unspecified atom stereocenters. The summed E-state index contributed by atoms with van der Waals surface area (Å²) in [5.41, 5.74) is 1.01. The van der Waals surface area contributed by atoms with Crippen LogP contribution >= 0.6 is 11.6 Å². The molecule has 7 nitrogen and oxygen atoms in total. The number of esters is 1. The minimum atomic E-state index is -0.673. The summed E-state index contributed by atoms with van der Waals surface area (Å²) in [6, 6.07) is 12.1. The van der Waals surface area contributed by atoms with Gasteiger partial charge in [-0.2, -0.15) is 0 Å². The van der Waals surface area contributed by atoms with Gasteiger partial charge < -0.3 is 10.1 Å². The zero-order chi connectivity index (χ0) is 19.8. The van der Waals surface area contributed by atoms with Crippen LogP contribution in [-0.4, -0.2) is 23.9 Å². The van der Waals surface area contributed by atoms with E-state index >= 15 is 0 Å². The SMILES string of the molecule is COC(=O)CC(NC(=O)/C=C/c1cccc([N+](=O)[O-])c1)c1ccccc1Cl. The molecule has 0 saturated heterocycles. The van der Waals surface area contributed by atoms with Crippen molar-refractivity contribution in [2.75, 3.05) is 7.11 Å². The van der Waals surface area contributed by atoms with Crippen LogP contribution in [0.5, 0.6) is 0 Å². The van der Waals surface area contributed by atoms with Crippen molar-refractivity contribution in [1.29, 1.82) is 0 Å². The summed E-state index contributed by atoms with van der Waals surface area (Å²) < 4.78 is 4.67. The zero-order valence-corrected chi connectivity index (χ0v) is 15.2. The van der Waals surface area contributed by atoms with Crippen molar-refractivity contribution >= 4 is 35.2 Å². The first kappa shape index (κ1) is 20.1. The second-order valence-electron chi connectivity index (χ2n) is 5.55. The molecule has 0 spiro atoms. The minimum Gasteiger partial charge on any atom is -0.469 e. The Morgan fingerprint density at radius 2 is 2.00 bits per heavy atom. The number of nitrogens with zero attached hydrogens (tertiary/aromatic N) is 1. The molecule has 0 aliphatic carbocycles. The van der Waals surface area contributed by atoms with E-state index in [-0.39, 0.29) is 12.1 Å². The molecule has 0 fully saturated rings. The number of halogens is 1. The predicted octanol–water partition coefficient (Wildman–Crippen LogP) is 3.68. The highest BCUT2D eigenvalue weighted by Crippen LogP contribution is 2.25. The molecule has 0 radical (unpaired) electrons. The largest absolute Gasteiger partial charge is 0.469 e. The molecule has 1 N–H and O–H groups in total. The van der Waals surface area contributed by atoms with Crippen LogP contribution in [0.3, 0.4) is 0 Å². The van der Waals surface area contributed by atoms with Crippen LogP contribution in [0.2, 0.25) is 5.02 Å². The molecular formula is C19H17ClN2O5. The van der Waals surface area contributed by atoms with Crippen molar-refractivity contribution in [2.24, 2.45) is 0 Å². The predicted molar refractivity (Wildman–Crippen MR) is 101 cm³/mol. The number of ether oxygens (including phenoxy) is 1. The third-order valence-corrected chi connectivity index (χ3v) is 4.05. The Bertz CT molecular complexity index is 882. The Hall–Kier alpha value is -3.19. The molecule has 0 aliphatic heterocycles. The molecule has 0 aliphatic rings. The molecule has 8 heteroatoms. The number of carbonyl (C=O) groups is 2. The Morgan fingerprint density at radius 3 is 2.67 bits per heavy atom. The summed E-state index contributed by atoms with van der Waals surface area (Å²) in [7, 11) is 1.26. The minimum absolute atomic E-state index is 0.0720. The van der Waals surface area contributed by atoms with Gasteiger partial charge in [-0.1, -0.05) is 41.9 Å². The van der Waals surface area contributed by atoms with Crippen LogP contribution < -0.4 is 5.32 Å². The topological polar surface area (TPSA) is 98.5 Å². The summed E-state index contributed by atoms with van der Waals surface area (Å²) in [4.78, 5) is 34.2. The number of hydrogen-bond donors (Lipinski definition) is 1. The van der Waals surface area contributed by atoms with Crippen LogP contribution in [0.25, 0.3) is 6.08 Å². The number of amides is 1. The Labute approximate surface area is 160 Å². The van der Waals surface area contributed by atoms with Gasteiger partial charge in [-0.15, -0.1) is 0 Å². The lowest BCUT2D eigenvalue weighted by Crippen LogP contribution is -2.29. The van der Waals surface area contributed by atoms with Crippen LogP contribution in [-0.2, 0) is 14.3 Å². The third kappa shape index (κ3) is 5.93. The molecule has 1 atom stereocenters. The van der Waals surface area contributed by atoms with E-state index in [1.54, 1.807) is 30.3 Å². The van der Waals surface area contributed by atoms with Gasteiger partial charge in [0.1, 0.15) is 0 Å². The summed E-state index contributed by atoms with van der Waals surface area (Å²) >= 11 is 6.16. The van der Waals surface area contributed by atoms with Gasteiger partial charge in [-0.3, -0.25) is 19.7 Å². The maximum absolute atomic E-state index is 12.3. The number of nitrogens with one attached hydrogen (secondary N) is 1. The van der Waals surface area contributed by atoms with Gasteiger partial charge in [0.15, 0.2) is 0 Å². The molecule has 1 amide bonds. The number of non-ortho nitro benzene ring substituents is 1. The summed E-state index contributed by atoms with van der Waals surface area (Å²) in [6.07, 6.45) is 2.60. The molecule has 140 valence electrons. The summed E-state index contributed by atoms with van der Waals surface area (Å²) in [6.45, 7) is 0. The van der Waals surface area contributed by atoms with Gasteiger partial charge in [0.25, 0.3) is 5.69 Å². The molecule has 0 bridgehead atoms. The van der Waals surface area contributed by atoms with Gasteiger partial charge in [-0.05, 0) is 23.3 Å². The molecule has 2 aromatic rings. The zero-order valence-electron chi connectivity index (χ0n) is 14.4. The number of carbonyl (C=O) groups excluding carboxylic acids is 2. The third-order valence-electron chi connectivity index (χ3n) is 3.70. The number of benzene rings is 2. The lowest BCUT2D eigenvalue weighted by Gasteiger charge is -2.18. The molecular weight excluding hydrogens is 372 g/mol. The Balaban J connectivity index is 2.15. The van der Waals surface area contributed by atoms with Crippen molar-refractivity contribution in [1.82, 2.24) is 5.32 Å². The maximum Gasteiger partial charge on any atom is 0.307 e. The van der Waals surface area contributed by atoms with E-state index in [0.717, 1.165) is 0 Å². The van der Waals surface area contributed by atoms with Crippen molar-refractivity contribution in [3.05, 3.63) is 80.9 Å². The standard InChI is InChI=1S/C19H17ClN2O5/c1-27-19(24)12-17(15-7-2-3-8-16(15)20)21-18(23)10-9-13-5-4-6-14(11-13)22(25)26/h2-11,17H,12H2,1H3,(H,21,23)/b10-9+. The average Bonchev–Trinajstić information content (AvgIpc) is 2.66. The molecule has 2 rings (SSSR count). The van der Waals surface area contributed by atoms with E-state index in [9.17, 15) is 19.7 Å². The normalized spacial score (nSPS) is 11.8. The van der Waals surface area contributed by atoms with Gasteiger partial charge in [0.05, 0.1) is 24.5 Å². The van der Waals surface area contributed by atoms with Crippen molar-refractivity contribution in [3.63, 3.8) is 0 Å². The molecule has 0 heterocycles. The molecule has 0 saturated carbocycles. The van der Waals surface area contributed by atoms with Gasteiger partial charge in [-0.25, -0.2) is 0 Å². The van der Waals surface area contributed by atoms with E-state index < -0.39 is 22.8 Å². The fourth-order valence-corrected chi connectivity index (χ4v) is 2.65. The number of methoxy groups -OCH3 is 1. The fourth-order valence-electron chi connectivity index (χ4n) is 2.38. The van der Waals surface area contributed by atoms with Crippen LogP contribution in [0, 0.1) is 10.1 Å². The van der Waals surface area contributed by atoms with E-state index in [1.807, 2.05) is 0 Å². The smallest absolute Gasteiger partial charge is 0.307 e. The second-order valence-corrected chi connectivity index (χ2v) is 5.96. The number of nitro benzene ring substituents is 1. The fraction of sp³-hybridized carbons (Fsp3) is 0.158. The number of rotatable bonds is 7. The quantitative estimate of drug-likeness (QED) is 0.337. The Morgan fingerprint density at radius 1 is 1.26 bits per heavy atom. The molecule has 0 aromatic heterocycles. The van der Waals surface area contributed by atoms with E-state index in [4.69, 9.17) is 11.6 Å². The lowest BCUT2D eigenvalue weighted by molar-refractivity contribution is -0.384. The summed E-state index contributed by atoms with van der Waals surface area (Å²) in [5.74, 6) is -0.974. The van der Waals surface area contributed by atoms with E-state index in [1.165, 1.54) is 37.5 Å².